The van der Waals surface area contributed by atoms with Crippen LogP contribution in [0.2, 0.25) is 0 Å². The standard InChI is InChI=1S/C22H23N3O5/c1-14-11-15(2)25(24-14)18-8-6-5-7-17(18)23-22(27)16-9-10-19(28-3)20(12-16)30-13-21(26)29-4/h5-12H,13H2,1-4H3,(H,23,27). The third kappa shape index (κ3) is 4.60. The number of para-hydroxylation sites is 2. The molecule has 0 saturated carbocycles. The van der Waals surface area contributed by atoms with Gasteiger partial charge < -0.3 is 19.5 Å². The first-order chi connectivity index (χ1) is 14.4. The van der Waals surface area contributed by atoms with Gasteiger partial charge in [0.25, 0.3) is 5.91 Å². The van der Waals surface area contributed by atoms with Crippen LogP contribution >= 0.6 is 0 Å². The first kappa shape index (κ1) is 20.9. The molecule has 1 N–H and O–H groups in total. The van der Waals surface area contributed by atoms with E-state index in [1.807, 2.05) is 44.2 Å². The lowest BCUT2D eigenvalue weighted by atomic mass is 10.1. The summed E-state index contributed by atoms with van der Waals surface area (Å²) in [6, 6.07) is 14.1. The van der Waals surface area contributed by atoms with Crippen LogP contribution in [0.1, 0.15) is 21.7 Å². The van der Waals surface area contributed by atoms with Crippen LogP contribution in [0.5, 0.6) is 11.5 Å². The van der Waals surface area contributed by atoms with E-state index in [1.165, 1.54) is 20.3 Å². The lowest BCUT2D eigenvalue weighted by molar-refractivity contribution is -0.142. The molecule has 1 amide bonds. The van der Waals surface area contributed by atoms with Crippen LogP contribution in [-0.2, 0) is 9.53 Å². The number of rotatable bonds is 7. The lowest BCUT2D eigenvalue weighted by Crippen LogP contribution is -2.16. The number of anilines is 1. The summed E-state index contributed by atoms with van der Waals surface area (Å²) in [5.74, 6) is -0.207. The van der Waals surface area contributed by atoms with Crippen molar-refractivity contribution in [2.24, 2.45) is 0 Å². The molecule has 3 rings (SSSR count). The van der Waals surface area contributed by atoms with E-state index in [0.717, 1.165) is 17.1 Å². The molecule has 2 aromatic carbocycles. The minimum absolute atomic E-state index is 0.266. The number of hydrogen-bond donors (Lipinski definition) is 1. The third-order valence-electron chi connectivity index (χ3n) is 4.39. The van der Waals surface area contributed by atoms with Gasteiger partial charge >= 0.3 is 5.97 Å². The highest BCUT2D eigenvalue weighted by Gasteiger charge is 2.15. The minimum Gasteiger partial charge on any atom is -0.493 e. The van der Waals surface area contributed by atoms with Gasteiger partial charge in [-0.1, -0.05) is 12.1 Å². The number of amides is 1. The second-order valence-corrected chi connectivity index (χ2v) is 6.54. The van der Waals surface area contributed by atoms with E-state index in [0.29, 0.717) is 17.0 Å². The van der Waals surface area contributed by atoms with Crippen molar-refractivity contribution in [1.29, 1.82) is 0 Å². The van der Waals surface area contributed by atoms with Crippen LogP contribution in [0.4, 0.5) is 5.69 Å². The molecule has 1 aromatic heterocycles. The Labute approximate surface area is 174 Å². The molecule has 0 fully saturated rings. The van der Waals surface area contributed by atoms with Gasteiger partial charge in [-0.05, 0) is 50.2 Å². The summed E-state index contributed by atoms with van der Waals surface area (Å²) in [5.41, 5.74) is 3.56. The second-order valence-electron chi connectivity index (χ2n) is 6.54. The first-order valence-electron chi connectivity index (χ1n) is 9.24. The van der Waals surface area contributed by atoms with Gasteiger partial charge in [0.2, 0.25) is 0 Å². The Kier molecular flexibility index (Phi) is 6.36. The van der Waals surface area contributed by atoms with E-state index < -0.39 is 5.97 Å². The zero-order valence-corrected chi connectivity index (χ0v) is 17.3. The van der Waals surface area contributed by atoms with E-state index in [9.17, 15) is 9.59 Å². The Morgan fingerprint density at radius 3 is 2.47 bits per heavy atom. The summed E-state index contributed by atoms with van der Waals surface area (Å²) >= 11 is 0. The van der Waals surface area contributed by atoms with Gasteiger partial charge in [-0.15, -0.1) is 0 Å². The number of nitrogens with one attached hydrogen (secondary N) is 1. The number of esters is 1. The molecule has 3 aromatic rings. The smallest absolute Gasteiger partial charge is 0.343 e. The fourth-order valence-electron chi connectivity index (χ4n) is 2.96. The zero-order valence-electron chi connectivity index (χ0n) is 17.3. The quantitative estimate of drug-likeness (QED) is 0.602. The van der Waals surface area contributed by atoms with Gasteiger partial charge in [-0.25, -0.2) is 9.48 Å². The van der Waals surface area contributed by atoms with Crippen molar-refractivity contribution >= 4 is 17.6 Å². The van der Waals surface area contributed by atoms with Gasteiger partial charge in [-0.2, -0.15) is 5.10 Å². The maximum absolute atomic E-state index is 12.9. The summed E-state index contributed by atoms with van der Waals surface area (Å²) < 4.78 is 17.0. The molecule has 8 nitrogen and oxygen atoms in total. The summed E-state index contributed by atoms with van der Waals surface area (Å²) in [7, 11) is 2.75. The summed E-state index contributed by atoms with van der Waals surface area (Å²) in [6.07, 6.45) is 0. The van der Waals surface area contributed by atoms with Crippen LogP contribution < -0.4 is 14.8 Å². The molecule has 0 unspecified atom stereocenters. The van der Waals surface area contributed by atoms with E-state index in [2.05, 4.69) is 15.2 Å². The van der Waals surface area contributed by atoms with Crippen molar-refractivity contribution in [1.82, 2.24) is 9.78 Å². The Bertz CT molecular complexity index is 1070. The van der Waals surface area contributed by atoms with E-state index in [4.69, 9.17) is 9.47 Å². The maximum atomic E-state index is 12.9. The second kappa shape index (κ2) is 9.13. The third-order valence-corrected chi connectivity index (χ3v) is 4.39. The molecule has 0 aliphatic heterocycles. The molecule has 0 spiro atoms. The predicted molar refractivity (Wildman–Crippen MR) is 111 cm³/mol. The molecule has 0 saturated heterocycles. The molecule has 1 heterocycles. The number of methoxy groups -OCH3 is 2. The van der Waals surface area contributed by atoms with E-state index in [1.54, 1.807) is 16.8 Å². The van der Waals surface area contributed by atoms with Crippen molar-refractivity contribution < 1.29 is 23.8 Å². The summed E-state index contributed by atoms with van der Waals surface area (Å²) in [4.78, 5) is 24.3. The highest BCUT2D eigenvalue weighted by Crippen LogP contribution is 2.29. The fourth-order valence-corrected chi connectivity index (χ4v) is 2.96. The molecule has 0 bridgehead atoms. The van der Waals surface area contributed by atoms with Crippen LogP contribution in [0, 0.1) is 13.8 Å². The molecule has 8 heteroatoms. The first-order valence-corrected chi connectivity index (χ1v) is 9.24. The number of carbonyl (C=O) groups is 2. The van der Waals surface area contributed by atoms with Gasteiger partial charge in [0, 0.05) is 11.3 Å². The molecule has 0 radical (unpaired) electrons. The highest BCUT2D eigenvalue weighted by molar-refractivity contribution is 6.05. The number of benzene rings is 2. The molecule has 156 valence electrons. The number of carbonyl (C=O) groups excluding carboxylic acids is 2. The SMILES string of the molecule is COC(=O)COc1cc(C(=O)Nc2ccccc2-n2nc(C)cc2C)ccc1OC. The Hall–Kier alpha value is -3.81. The number of aromatic nitrogens is 2. The van der Waals surface area contributed by atoms with Crippen molar-refractivity contribution in [2.45, 2.75) is 13.8 Å². The number of hydrogen-bond acceptors (Lipinski definition) is 6. The lowest BCUT2D eigenvalue weighted by Gasteiger charge is -2.14. The van der Waals surface area contributed by atoms with E-state index in [-0.39, 0.29) is 18.3 Å². The minimum atomic E-state index is -0.536. The number of ether oxygens (including phenoxy) is 3. The van der Waals surface area contributed by atoms with E-state index >= 15 is 0 Å². The van der Waals surface area contributed by atoms with Crippen molar-refractivity contribution in [3.8, 4) is 17.2 Å². The Morgan fingerprint density at radius 1 is 1.03 bits per heavy atom. The van der Waals surface area contributed by atoms with Gasteiger partial charge in [0.05, 0.1) is 31.3 Å². The number of aryl methyl sites for hydroxylation is 2. The molecular formula is C22H23N3O5. The Balaban J connectivity index is 1.86. The molecular weight excluding hydrogens is 386 g/mol. The Morgan fingerprint density at radius 2 is 1.80 bits per heavy atom. The number of nitrogens with zero attached hydrogens (tertiary/aromatic N) is 2. The molecule has 0 atom stereocenters. The highest BCUT2D eigenvalue weighted by atomic mass is 16.6. The largest absolute Gasteiger partial charge is 0.493 e. The molecule has 0 aliphatic rings. The van der Waals surface area contributed by atoms with Gasteiger partial charge in [-0.3, -0.25) is 4.79 Å². The van der Waals surface area contributed by atoms with Gasteiger partial charge in [0.15, 0.2) is 18.1 Å². The van der Waals surface area contributed by atoms with Crippen molar-refractivity contribution in [3.05, 3.63) is 65.5 Å². The molecule has 30 heavy (non-hydrogen) atoms. The average molecular weight is 409 g/mol. The molecule has 0 aliphatic carbocycles. The van der Waals surface area contributed by atoms with Crippen molar-refractivity contribution in [2.75, 3.05) is 26.1 Å². The topological polar surface area (TPSA) is 91.7 Å². The predicted octanol–water partition coefficient (Wildman–Crippen LogP) is 3.30. The summed E-state index contributed by atoms with van der Waals surface area (Å²) in [6.45, 7) is 3.57. The maximum Gasteiger partial charge on any atom is 0.343 e. The monoisotopic (exact) mass is 409 g/mol. The van der Waals surface area contributed by atoms with Gasteiger partial charge in [0.1, 0.15) is 0 Å². The van der Waals surface area contributed by atoms with Crippen LogP contribution in [0.25, 0.3) is 5.69 Å². The summed E-state index contributed by atoms with van der Waals surface area (Å²) in [5, 5.41) is 7.41. The van der Waals surface area contributed by atoms with Crippen molar-refractivity contribution in [3.63, 3.8) is 0 Å². The normalized spacial score (nSPS) is 10.4. The van der Waals surface area contributed by atoms with Crippen LogP contribution in [-0.4, -0.2) is 42.5 Å². The zero-order chi connectivity index (χ0) is 21.7. The van der Waals surface area contributed by atoms with Crippen LogP contribution in [0.15, 0.2) is 48.5 Å². The van der Waals surface area contributed by atoms with Crippen LogP contribution in [0.3, 0.4) is 0 Å². The average Bonchev–Trinajstić information content (AvgIpc) is 3.09. The fraction of sp³-hybridized carbons (Fsp3) is 0.227.